The van der Waals surface area contributed by atoms with Gasteiger partial charge in [0.15, 0.2) is 5.16 Å². The van der Waals surface area contributed by atoms with Gasteiger partial charge >= 0.3 is 0 Å². The second-order valence-corrected chi connectivity index (χ2v) is 8.27. The zero-order valence-corrected chi connectivity index (χ0v) is 16.1. The molecule has 4 rings (SSSR count). The van der Waals surface area contributed by atoms with E-state index in [4.69, 9.17) is 0 Å². The second kappa shape index (κ2) is 7.63. The van der Waals surface area contributed by atoms with Crippen LogP contribution in [0.4, 0.5) is 0 Å². The van der Waals surface area contributed by atoms with Gasteiger partial charge in [0.1, 0.15) is 5.82 Å². The first-order chi connectivity index (χ1) is 12.7. The summed E-state index contributed by atoms with van der Waals surface area (Å²) in [6.45, 7) is 1.97. The molecule has 1 aromatic carbocycles. The lowest BCUT2D eigenvalue weighted by Gasteiger charge is -2.18. The molecule has 0 spiro atoms. The van der Waals surface area contributed by atoms with Gasteiger partial charge in [-0.05, 0) is 36.8 Å². The Kier molecular flexibility index (Phi) is 5.08. The number of hydrogen-bond acceptors (Lipinski definition) is 5. The number of thioether (sulfide) groups is 1. The highest BCUT2D eigenvalue weighted by molar-refractivity contribution is 7.99. The summed E-state index contributed by atoms with van der Waals surface area (Å²) < 4.78 is 2.16. The highest BCUT2D eigenvalue weighted by Crippen LogP contribution is 2.38. The first-order valence-corrected chi connectivity index (χ1v) is 10.5. The standard InChI is InChI=1S/C19H20N4OS2/c1-13-21-22-19(23(13)15-9-10-15)26-12-17(24)20-18(16-8-5-11-25-16)14-6-3-2-4-7-14/h2-8,11,15,18H,9-10,12H2,1H3,(H,20,24)/t18-/m0/s1. The molecule has 1 N–H and O–H groups in total. The number of thiophene rings is 1. The molecule has 0 aliphatic heterocycles. The number of hydrogen-bond donors (Lipinski definition) is 1. The molecule has 2 aromatic heterocycles. The van der Waals surface area contributed by atoms with Crippen LogP contribution in [0.25, 0.3) is 0 Å². The van der Waals surface area contributed by atoms with Crippen molar-refractivity contribution in [3.05, 3.63) is 64.1 Å². The van der Waals surface area contributed by atoms with Gasteiger partial charge in [-0.3, -0.25) is 4.79 Å². The van der Waals surface area contributed by atoms with Gasteiger partial charge in [-0.15, -0.1) is 21.5 Å². The van der Waals surface area contributed by atoms with Crippen molar-refractivity contribution in [1.82, 2.24) is 20.1 Å². The number of nitrogens with zero attached hydrogens (tertiary/aromatic N) is 3. The van der Waals surface area contributed by atoms with E-state index < -0.39 is 0 Å². The minimum absolute atomic E-state index is 0.000234. The van der Waals surface area contributed by atoms with E-state index in [1.807, 2.05) is 48.7 Å². The molecule has 2 heterocycles. The van der Waals surface area contributed by atoms with Crippen molar-refractivity contribution in [3.63, 3.8) is 0 Å². The summed E-state index contributed by atoms with van der Waals surface area (Å²) in [7, 11) is 0. The summed E-state index contributed by atoms with van der Waals surface area (Å²) in [5.74, 6) is 1.26. The number of rotatable bonds is 7. The minimum atomic E-state index is -0.118. The van der Waals surface area contributed by atoms with Crippen LogP contribution < -0.4 is 5.32 Å². The van der Waals surface area contributed by atoms with Gasteiger partial charge < -0.3 is 9.88 Å². The largest absolute Gasteiger partial charge is 0.344 e. The van der Waals surface area contributed by atoms with E-state index >= 15 is 0 Å². The SMILES string of the molecule is Cc1nnc(SCC(=O)N[C@@H](c2ccccc2)c2cccs2)n1C1CC1. The molecule has 1 saturated carbocycles. The van der Waals surface area contributed by atoms with Crippen molar-refractivity contribution in [2.24, 2.45) is 0 Å². The van der Waals surface area contributed by atoms with E-state index in [1.165, 1.54) is 24.6 Å². The number of amides is 1. The Morgan fingerprint density at radius 3 is 2.77 bits per heavy atom. The smallest absolute Gasteiger partial charge is 0.231 e. The molecule has 0 saturated heterocycles. The molecule has 1 atom stereocenters. The van der Waals surface area contributed by atoms with E-state index in [1.54, 1.807) is 11.3 Å². The average molecular weight is 385 g/mol. The highest BCUT2D eigenvalue weighted by atomic mass is 32.2. The molecule has 7 heteroatoms. The molecule has 1 aliphatic rings. The third-order valence-electron chi connectivity index (χ3n) is 4.35. The maximum absolute atomic E-state index is 12.6. The predicted octanol–water partition coefficient (Wildman–Crippen LogP) is 3.98. The third kappa shape index (κ3) is 3.83. The molecule has 0 radical (unpaired) electrons. The number of benzene rings is 1. The van der Waals surface area contributed by atoms with Crippen LogP contribution in [0.15, 0.2) is 53.0 Å². The van der Waals surface area contributed by atoms with Gasteiger partial charge in [-0.25, -0.2) is 0 Å². The quantitative estimate of drug-likeness (QED) is 0.626. The molecular formula is C19H20N4OS2. The minimum Gasteiger partial charge on any atom is -0.344 e. The lowest BCUT2D eigenvalue weighted by molar-refractivity contribution is -0.119. The van der Waals surface area contributed by atoms with Crippen molar-refractivity contribution in [2.45, 2.75) is 37.0 Å². The average Bonchev–Trinajstić information content (AvgIpc) is 3.20. The monoisotopic (exact) mass is 384 g/mol. The van der Waals surface area contributed by atoms with Crippen molar-refractivity contribution in [3.8, 4) is 0 Å². The van der Waals surface area contributed by atoms with Crippen molar-refractivity contribution < 1.29 is 4.79 Å². The van der Waals surface area contributed by atoms with Crippen molar-refractivity contribution in [1.29, 1.82) is 0 Å². The summed E-state index contributed by atoms with van der Waals surface area (Å²) >= 11 is 3.11. The lowest BCUT2D eigenvalue weighted by Crippen LogP contribution is -2.30. The van der Waals surface area contributed by atoms with Gasteiger partial charge in [-0.1, -0.05) is 48.2 Å². The molecule has 1 aliphatic carbocycles. The zero-order valence-electron chi connectivity index (χ0n) is 14.5. The van der Waals surface area contributed by atoms with Crippen LogP contribution in [0.1, 0.15) is 41.2 Å². The van der Waals surface area contributed by atoms with E-state index in [0.29, 0.717) is 11.8 Å². The lowest BCUT2D eigenvalue weighted by atomic mass is 10.1. The Morgan fingerprint density at radius 1 is 1.27 bits per heavy atom. The predicted molar refractivity (Wildman–Crippen MR) is 105 cm³/mol. The normalized spacial score (nSPS) is 15.0. The number of carbonyl (C=O) groups is 1. The Labute approximate surface area is 160 Å². The van der Waals surface area contributed by atoms with Gasteiger partial charge in [-0.2, -0.15) is 0 Å². The van der Waals surface area contributed by atoms with Gasteiger partial charge in [0.2, 0.25) is 5.91 Å². The molecule has 1 amide bonds. The molecule has 5 nitrogen and oxygen atoms in total. The number of aromatic nitrogens is 3. The molecule has 26 heavy (non-hydrogen) atoms. The molecule has 1 fully saturated rings. The summed E-state index contributed by atoms with van der Waals surface area (Å²) in [5.41, 5.74) is 1.09. The molecule has 0 unspecified atom stereocenters. The first kappa shape index (κ1) is 17.3. The molecule has 3 aromatic rings. The number of nitrogens with one attached hydrogen (secondary N) is 1. The zero-order chi connectivity index (χ0) is 17.9. The van der Waals surface area contributed by atoms with Crippen LogP contribution >= 0.6 is 23.1 Å². The van der Waals surface area contributed by atoms with Crippen LogP contribution in [0.2, 0.25) is 0 Å². The maximum Gasteiger partial charge on any atom is 0.231 e. The second-order valence-electron chi connectivity index (χ2n) is 6.35. The summed E-state index contributed by atoms with van der Waals surface area (Å²) in [4.78, 5) is 13.7. The van der Waals surface area contributed by atoms with Crippen LogP contribution in [-0.2, 0) is 4.79 Å². The van der Waals surface area contributed by atoms with Crippen molar-refractivity contribution >= 4 is 29.0 Å². The Balaban J connectivity index is 1.44. The highest BCUT2D eigenvalue weighted by Gasteiger charge is 2.28. The summed E-state index contributed by atoms with van der Waals surface area (Å²) in [5, 5.41) is 14.4. The van der Waals surface area contributed by atoms with Crippen LogP contribution in [-0.4, -0.2) is 26.4 Å². The van der Waals surface area contributed by atoms with Gasteiger partial charge in [0.05, 0.1) is 11.8 Å². The van der Waals surface area contributed by atoms with Crippen LogP contribution in [0.3, 0.4) is 0 Å². The Bertz CT molecular complexity index is 872. The molecular weight excluding hydrogens is 364 g/mol. The summed E-state index contributed by atoms with van der Waals surface area (Å²) in [6.07, 6.45) is 2.35. The fourth-order valence-electron chi connectivity index (χ4n) is 2.95. The number of carbonyl (C=O) groups excluding carboxylic acids is 1. The van der Waals surface area contributed by atoms with E-state index in [-0.39, 0.29) is 11.9 Å². The topological polar surface area (TPSA) is 59.8 Å². The fourth-order valence-corrected chi connectivity index (χ4v) is 4.62. The maximum atomic E-state index is 12.6. The number of aryl methyl sites for hydroxylation is 1. The first-order valence-electron chi connectivity index (χ1n) is 8.64. The molecule has 0 bridgehead atoms. The summed E-state index contributed by atoms with van der Waals surface area (Å²) in [6, 6.07) is 14.5. The van der Waals surface area contributed by atoms with Crippen LogP contribution in [0.5, 0.6) is 0 Å². The fraction of sp³-hybridized carbons (Fsp3) is 0.316. The van der Waals surface area contributed by atoms with Gasteiger partial charge in [0.25, 0.3) is 0 Å². The van der Waals surface area contributed by atoms with E-state index in [2.05, 4.69) is 26.1 Å². The van der Waals surface area contributed by atoms with E-state index in [0.717, 1.165) is 21.4 Å². The van der Waals surface area contributed by atoms with Crippen LogP contribution in [0, 0.1) is 6.92 Å². The Morgan fingerprint density at radius 2 is 2.08 bits per heavy atom. The molecule has 134 valence electrons. The van der Waals surface area contributed by atoms with E-state index in [9.17, 15) is 4.79 Å². The van der Waals surface area contributed by atoms with Crippen molar-refractivity contribution in [2.75, 3.05) is 5.75 Å². The third-order valence-corrected chi connectivity index (χ3v) is 6.23. The Hall–Kier alpha value is -2.12. The van der Waals surface area contributed by atoms with Gasteiger partial charge in [0, 0.05) is 10.9 Å².